The molecule has 2 heterocycles. The molecule has 1 aromatic carbocycles. The highest BCUT2D eigenvalue weighted by atomic mass is 16.5. The molecule has 0 saturated carbocycles. The van der Waals surface area contributed by atoms with Gasteiger partial charge in [-0.3, -0.25) is 19.2 Å². The molecule has 288 valence electrons. The van der Waals surface area contributed by atoms with Crippen LogP contribution in [0.25, 0.3) is 0 Å². The number of methoxy groups -OCH3 is 2. The van der Waals surface area contributed by atoms with Crippen molar-refractivity contribution in [3.05, 3.63) is 35.9 Å². The molecule has 4 amide bonds. The predicted octanol–water partition coefficient (Wildman–Crippen LogP) is 1.49. The molecule has 0 bridgehead atoms. The van der Waals surface area contributed by atoms with Crippen LogP contribution in [0.4, 0.5) is 0 Å². The van der Waals surface area contributed by atoms with Gasteiger partial charge in [0.05, 0.1) is 61.4 Å². The van der Waals surface area contributed by atoms with Crippen LogP contribution in [0.2, 0.25) is 0 Å². The molecular weight excluding hydrogens is 654 g/mol. The lowest BCUT2D eigenvalue weighted by atomic mass is 9.89. The van der Waals surface area contributed by atoms with E-state index in [0.29, 0.717) is 25.9 Å². The van der Waals surface area contributed by atoms with Crippen LogP contribution in [0.1, 0.15) is 72.3 Å². The van der Waals surface area contributed by atoms with E-state index < -0.39 is 48.4 Å². The van der Waals surface area contributed by atoms with Gasteiger partial charge >= 0.3 is 0 Å². The molecule has 2 fully saturated rings. The summed E-state index contributed by atoms with van der Waals surface area (Å²) in [7, 11) is 4.80. The van der Waals surface area contributed by atoms with E-state index in [1.54, 1.807) is 38.0 Å². The Labute approximate surface area is 304 Å². The van der Waals surface area contributed by atoms with Gasteiger partial charge in [0.2, 0.25) is 23.6 Å². The van der Waals surface area contributed by atoms with Gasteiger partial charge in [0.1, 0.15) is 6.04 Å². The van der Waals surface area contributed by atoms with Gasteiger partial charge in [-0.1, -0.05) is 71.4 Å². The van der Waals surface area contributed by atoms with Crippen LogP contribution in [-0.2, 0) is 35.1 Å². The summed E-state index contributed by atoms with van der Waals surface area (Å²) >= 11 is 0. The van der Waals surface area contributed by atoms with Crippen LogP contribution >= 0.6 is 0 Å². The van der Waals surface area contributed by atoms with Crippen molar-refractivity contribution in [2.75, 3.05) is 41.0 Å². The molecule has 0 aliphatic carbocycles. The molecular formula is C38H63N5O8. The minimum atomic E-state index is -0.807. The maximum absolute atomic E-state index is 14.1. The van der Waals surface area contributed by atoms with Crippen LogP contribution in [0.3, 0.4) is 0 Å². The van der Waals surface area contributed by atoms with E-state index in [4.69, 9.17) is 9.47 Å². The third-order valence-corrected chi connectivity index (χ3v) is 10.8. The quantitative estimate of drug-likeness (QED) is 0.142. The fourth-order valence-electron chi connectivity index (χ4n) is 7.60. The lowest BCUT2D eigenvalue weighted by molar-refractivity contribution is -0.147. The first-order valence-electron chi connectivity index (χ1n) is 18.6. The number of benzene rings is 1. The maximum Gasteiger partial charge on any atom is 0.245 e. The van der Waals surface area contributed by atoms with Crippen molar-refractivity contribution < 1.29 is 38.9 Å². The van der Waals surface area contributed by atoms with Gasteiger partial charge < -0.3 is 45.4 Å². The Morgan fingerprint density at radius 3 is 2.29 bits per heavy atom. The van der Waals surface area contributed by atoms with Crippen LogP contribution < -0.4 is 16.0 Å². The molecule has 2 saturated heterocycles. The second-order valence-electron chi connectivity index (χ2n) is 14.7. The fourth-order valence-corrected chi connectivity index (χ4v) is 7.60. The predicted molar refractivity (Wildman–Crippen MR) is 194 cm³/mol. The van der Waals surface area contributed by atoms with E-state index in [-0.39, 0.29) is 61.0 Å². The molecule has 13 nitrogen and oxygen atoms in total. The Bertz CT molecular complexity index is 1270. The Balaban J connectivity index is 1.73. The number of nitrogens with one attached hydrogen (secondary N) is 3. The molecule has 5 N–H and O–H groups in total. The minimum absolute atomic E-state index is 0.0168. The zero-order chi connectivity index (χ0) is 37.8. The number of hydrogen-bond acceptors (Lipinski definition) is 9. The standard InChI is InChI=1S/C38H63N5O8/c1-9-24(4)34(42(6)38(49)33(23(2)3)41-37(48)29-19-28(45)21-39-29)31(50-7)20-32(46)43-17-13-16-30(43)35(51-8)25(5)36(47)40-27(22-44)18-26-14-11-10-12-15-26/h10-12,14-15,23-25,27-31,33-35,39,44-45H,9,13,16-22H2,1-8H3,(H,40,47)(H,41,48)/t24-,25+,27-,28?,29?,30-,31+,33-,34-,35+/m0/s1. The molecule has 10 atom stereocenters. The number of rotatable bonds is 19. The summed E-state index contributed by atoms with van der Waals surface area (Å²) in [6.07, 6.45) is 1.12. The molecule has 0 aromatic heterocycles. The van der Waals surface area contributed by atoms with Crippen molar-refractivity contribution in [2.45, 2.75) is 122 Å². The summed E-state index contributed by atoms with van der Waals surface area (Å²) < 4.78 is 11.9. The summed E-state index contributed by atoms with van der Waals surface area (Å²) in [6, 6.07) is 7.01. The number of carbonyl (C=O) groups excluding carboxylic acids is 4. The lowest BCUT2D eigenvalue weighted by Crippen LogP contribution is -2.59. The summed E-state index contributed by atoms with van der Waals surface area (Å²) in [6.45, 7) is 10.2. The largest absolute Gasteiger partial charge is 0.394 e. The number of aliphatic hydroxyl groups excluding tert-OH is 2. The molecule has 1 aromatic rings. The average molecular weight is 718 g/mol. The Hall–Kier alpha value is -3.10. The summed E-state index contributed by atoms with van der Waals surface area (Å²) in [4.78, 5) is 58.1. The van der Waals surface area contributed by atoms with E-state index in [9.17, 15) is 29.4 Å². The first kappa shape index (κ1) is 42.3. The third-order valence-electron chi connectivity index (χ3n) is 10.8. The normalized spacial score (nSPS) is 23.2. The Morgan fingerprint density at radius 1 is 1.06 bits per heavy atom. The summed E-state index contributed by atoms with van der Waals surface area (Å²) in [5.74, 6) is -1.85. The number of hydrogen-bond donors (Lipinski definition) is 5. The van der Waals surface area contributed by atoms with Gasteiger partial charge in [0.15, 0.2) is 0 Å². The zero-order valence-corrected chi connectivity index (χ0v) is 31.8. The average Bonchev–Trinajstić information content (AvgIpc) is 3.79. The number of aliphatic hydroxyl groups is 2. The van der Waals surface area contributed by atoms with Crippen molar-refractivity contribution in [1.82, 2.24) is 25.8 Å². The van der Waals surface area contributed by atoms with Crippen molar-refractivity contribution in [2.24, 2.45) is 17.8 Å². The molecule has 3 rings (SSSR count). The summed E-state index contributed by atoms with van der Waals surface area (Å²) in [5.41, 5.74) is 1.00. The number of amides is 4. The fraction of sp³-hybridized carbons (Fsp3) is 0.737. The molecule has 0 radical (unpaired) electrons. The van der Waals surface area contributed by atoms with Crippen LogP contribution in [0.5, 0.6) is 0 Å². The molecule has 2 aliphatic heterocycles. The molecule has 2 unspecified atom stereocenters. The van der Waals surface area contributed by atoms with Gasteiger partial charge in [-0.15, -0.1) is 0 Å². The van der Waals surface area contributed by atoms with E-state index in [1.165, 1.54) is 0 Å². The third kappa shape index (κ3) is 11.2. The van der Waals surface area contributed by atoms with Gasteiger partial charge in [-0.25, -0.2) is 0 Å². The Kier molecular flexibility index (Phi) is 16.8. The molecule has 0 spiro atoms. The molecule has 13 heteroatoms. The number of nitrogens with zero attached hydrogens (tertiary/aromatic N) is 2. The Morgan fingerprint density at radius 2 is 1.75 bits per heavy atom. The highest BCUT2D eigenvalue weighted by Crippen LogP contribution is 2.29. The first-order valence-corrected chi connectivity index (χ1v) is 18.6. The van der Waals surface area contributed by atoms with Gasteiger partial charge in [-0.2, -0.15) is 0 Å². The number of likely N-dealkylation sites (N-methyl/N-ethyl adjacent to an activating group) is 1. The second-order valence-corrected chi connectivity index (χ2v) is 14.7. The van der Waals surface area contributed by atoms with Crippen LogP contribution in [0, 0.1) is 17.8 Å². The first-order chi connectivity index (χ1) is 24.3. The van der Waals surface area contributed by atoms with E-state index in [0.717, 1.165) is 18.4 Å². The van der Waals surface area contributed by atoms with Gasteiger partial charge in [0.25, 0.3) is 0 Å². The highest BCUT2D eigenvalue weighted by Gasteiger charge is 2.43. The second kappa shape index (κ2) is 20.2. The molecule has 51 heavy (non-hydrogen) atoms. The van der Waals surface area contributed by atoms with Crippen LogP contribution in [-0.4, -0.2) is 133 Å². The van der Waals surface area contributed by atoms with Crippen molar-refractivity contribution in [3.63, 3.8) is 0 Å². The maximum atomic E-state index is 14.1. The molecule has 2 aliphatic rings. The van der Waals surface area contributed by atoms with E-state index in [1.807, 2.05) is 58.0 Å². The van der Waals surface area contributed by atoms with Crippen LogP contribution in [0.15, 0.2) is 30.3 Å². The smallest absolute Gasteiger partial charge is 0.245 e. The van der Waals surface area contributed by atoms with Gasteiger partial charge in [0, 0.05) is 34.4 Å². The topological polar surface area (TPSA) is 170 Å². The van der Waals surface area contributed by atoms with Crippen molar-refractivity contribution in [1.29, 1.82) is 0 Å². The highest BCUT2D eigenvalue weighted by molar-refractivity contribution is 5.90. The zero-order valence-electron chi connectivity index (χ0n) is 31.8. The van der Waals surface area contributed by atoms with E-state index >= 15 is 0 Å². The summed E-state index contributed by atoms with van der Waals surface area (Å²) in [5, 5.41) is 28.8. The number of β-amino-alcohol motifs (C(OH)–C–C–N with tert-alkyl or cyclic N) is 1. The monoisotopic (exact) mass is 717 g/mol. The minimum Gasteiger partial charge on any atom is -0.394 e. The van der Waals surface area contributed by atoms with Crippen molar-refractivity contribution >= 4 is 23.6 Å². The number of likely N-dealkylation sites (tertiary alicyclic amines) is 1. The van der Waals surface area contributed by atoms with Gasteiger partial charge in [-0.05, 0) is 43.1 Å². The van der Waals surface area contributed by atoms with Crippen molar-refractivity contribution in [3.8, 4) is 0 Å². The van der Waals surface area contributed by atoms with E-state index in [2.05, 4.69) is 16.0 Å². The lowest BCUT2D eigenvalue weighted by Gasteiger charge is -2.41. The SMILES string of the molecule is CC[C@H](C)[C@@H]([C@@H](CC(=O)N1CCC[C@H]1[C@H](OC)[C@@H](C)C(=O)N[C@H](CO)Cc1ccccc1)OC)N(C)C(=O)[C@@H](NC(=O)C1CC(O)CN1)C(C)C. The number of carbonyl (C=O) groups is 4. The number of ether oxygens (including phenoxy) is 2.